The van der Waals surface area contributed by atoms with Gasteiger partial charge in [0, 0.05) is 32.6 Å². The summed E-state index contributed by atoms with van der Waals surface area (Å²) in [5, 5.41) is 2.94. The number of ether oxygens (including phenoxy) is 3. The molecule has 0 radical (unpaired) electrons. The van der Waals surface area contributed by atoms with Crippen LogP contribution in [0.25, 0.3) is 0 Å². The van der Waals surface area contributed by atoms with E-state index in [-0.39, 0.29) is 43.0 Å². The molecular weight excluding hydrogens is 570 g/mol. The van der Waals surface area contributed by atoms with Crippen LogP contribution < -0.4 is 19.5 Å². The Hall–Kier alpha value is -4.09. The van der Waals surface area contributed by atoms with Crippen LogP contribution in [0.5, 0.6) is 17.2 Å². The fourth-order valence-corrected chi connectivity index (χ4v) is 6.72. The number of sulfonamides is 1. The molecule has 2 aliphatic heterocycles. The first-order valence-electron chi connectivity index (χ1n) is 14.4. The molecule has 1 N–H and O–H groups in total. The Balaban J connectivity index is 1.24. The first-order chi connectivity index (χ1) is 20.7. The molecule has 0 unspecified atom stereocenters. The van der Waals surface area contributed by atoms with Gasteiger partial charge in [-0.15, -0.1) is 0 Å². The first kappa shape index (κ1) is 30.4. The van der Waals surface area contributed by atoms with Crippen molar-refractivity contribution in [2.45, 2.75) is 56.6 Å². The first-order valence-corrected chi connectivity index (χ1v) is 15.9. The topological polar surface area (TPSA) is 114 Å². The minimum Gasteiger partial charge on any atom is -0.497 e. The summed E-state index contributed by atoms with van der Waals surface area (Å²) in [5.41, 5.74) is 2.56. The lowest BCUT2D eigenvalue weighted by Gasteiger charge is -2.29. The molecule has 0 bridgehead atoms. The second-order valence-corrected chi connectivity index (χ2v) is 12.6. The van der Waals surface area contributed by atoms with Crippen molar-refractivity contribution in [2.24, 2.45) is 0 Å². The van der Waals surface area contributed by atoms with Crippen LogP contribution in [0.15, 0.2) is 71.6 Å². The fraction of sp³-hybridized carbons (Fsp3) is 0.375. The lowest BCUT2D eigenvalue weighted by atomic mass is 10.1. The van der Waals surface area contributed by atoms with E-state index in [1.165, 1.54) is 4.31 Å². The number of rotatable bonds is 12. The van der Waals surface area contributed by atoms with Crippen molar-refractivity contribution >= 4 is 21.8 Å². The van der Waals surface area contributed by atoms with E-state index in [4.69, 9.17) is 14.2 Å². The van der Waals surface area contributed by atoms with Crippen molar-refractivity contribution < 1.29 is 32.2 Å². The molecule has 3 aromatic carbocycles. The molecule has 43 heavy (non-hydrogen) atoms. The number of methoxy groups -OCH3 is 1. The quantitative estimate of drug-likeness (QED) is 0.333. The number of benzene rings is 3. The highest BCUT2D eigenvalue weighted by Crippen LogP contribution is 2.32. The van der Waals surface area contributed by atoms with Crippen LogP contribution in [0.2, 0.25) is 0 Å². The number of hydrogen-bond acceptors (Lipinski definition) is 7. The van der Waals surface area contributed by atoms with Crippen LogP contribution in [0.4, 0.5) is 0 Å². The van der Waals surface area contributed by atoms with Gasteiger partial charge in [-0.3, -0.25) is 9.59 Å². The smallest absolute Gasteiger partial charge is 0.243 e. The highest BCUT2D eigenvalue weighted by Gasteiger charge is 2.28. The molecule has 0 aliphatic carbocycles. The zero-order valence-corrected chi connectivity index (χ0v) is 25.3. The Morgan fingerprint density at radius 1 is 0.930 bits per heavy atom. The van der Waals surface area contributed by atoms with Gasteiger partial charge in [0.15, 0.2) is 11.5 Å². The zero-order valence-electron chi connectivity index (χ0n) is 24.5. The Labute approximate surface area is 252 Å². The van der Waals surface area contributed by atoms with Crippen molar-refractivity contribution in [3.05, 3.63) is 83.4 Å². The van der Waals surface area contributed by atoms with E-state index >= 15 is 0 Å². The van der Waals surface area contributed by atoms with E-state index in [2.05, 4.69) is 5.32 Å². The van der Waals surface area contributed by atoms with Crippen LogP contribution in [0.1, 0.15) is 42.9 Å². The molecule has 0 aromatic heterocycles. The lowest BCUT2D eigenvalue weighted by Crippen LogP contribution is -2.47. The Kier molecular flexibility index (Phi) is 9.52. The minimum atomic E-state index is -3.50. The number of carbonyl (C=O) groups is 2. The summed E-state index contributed by atoms with van der Waals surface area (Å²) in [4.78, 5) is 28.7. The standard InChI is InChI=1S/C32H37N3O7S/c1-23(32(37)33-20-26-9-15-29-30(19-26)42-22-41-29)35(21-25-5-11-27(40-2)12-6-25)31(36)16-10-24-7-13-28(14-8-24)43(38,39)34-17-3-4-18-34/h5-9,11-15,19,23H,3-4,10,16-18,20-22H2,1-2H3,(H,33,37)/t23-/m0/s1. The Morgan fingerprint density at radius 3 is 2.28 bits per heavy atom. The molecule has 0 spiro atoms. The van der Waals surface area contributed by atoms with Crippen molar-refractivity contribution in [1.82, 2.24) is 14.5 Å². The van der Waals surface area contributed by atoms with E-state index in [1.807, 2.05) is 36.4 Å². The maximum Gasteiger partial charge on any atom is 0.243 e. The van der Waals surface area contributed by atoms with Gasteiger partial charge in [-0.1, -0.05) is 30.3 Å². The van der Waals surface area contributed by atoms with Gasteiger partial charge >= 0.3 is 0 Å². The van der Waals surface area contributed by atoms with Gasteiger partial charge in [0.1, 0.15) is 11.8 Å². The number of aryl methyl sites for hydroxylation is 1. The molecule has 10 nitrogen and oxygen atoms in total. The van der Waals surface area contributed by atoms with Crippen LogP contribution in [0, 0.1) is 0 Å². The van der Waals surface area contributed by atoms with Gasteiger partial charge in [0.25, 0.3) is 0 Å². The molecule has 11 heteroatoms. The van der Waals surface area contributed by atoms with E-state index in [9.17, 15) is 18.0 Å². The van der Waals surface area contributed by atoms with Crippen LogP contribution in [-0.4, -0.2) is 62.5 Å². The van der Waals surface area contributed by atoms with E-state index < -0.39 is 16.1 Å². The van der Waals surface area contributed by atoms with Crippen LogP contribution in [-0.2, 0) is 39.1 Å². The number of carbonyl (C=O) groups excluding carboxylic acids is 2. The number of fused-ring (bicyclic) bond motifs is 1. The highest BCUT2D eigenvalue weighted by molar-refractivity contribution is 7.89. The molecule has 2 heterocycles. The summed E-state index contributed by atoms with van der Waals surface area (Å²) in [6.07, 6.45) is 2.32. The molecule has 1 saturated heterocycles. The molecule has 228 valence electrons. The predicted octanol–water partition coefficient (Wildman–Crippen LogP) is 3.87. The maximum atomic E-state index is 13.6. The highest BCUT2D eigenvalue weighted by atomic mass is 32.2. The van der Waals surface area contributed by atoms with E-state index in [0.717, 1.165) is 29.5 Å². The van der Waals surface area contributed by atoms with Crippen LogP contribution in [0.3, 0.4) is 0 Å². The summed E-state index contributed by atoms with van der Waals surface area (Å²) in [6, 6.07) is 18.9. The van der Waals surface area contributed by atoms with Gasteiger partial charge in [-0.25, -0.2) is 8.42 Å². The van der Waals surface area contributed by atoms with Crippen molar-refractivity contribution in [3.63, 3.8) is 0 Å². The Morgan fingerprint density at radius 2 is 1.58 bits per heavy atom. The van der Waals surface area contributed by atoms with Gasteiger partial charge in [0.05, 0.1) is 12.0 Å². The summed E-state index contributed by atoms with van der Waals surface area (Å²) in [6.45, 7) is 3.50. The molecule has 2 aliphatic rings. The number of amides is 2. The Bertz CT molecular complexity index is 1540. The average Bonchev–Trinajstić information content (AvgIpc) is 3.74. The summed E-state index contributed by atoms with van der Waals surface area (Å²) in [7, 11) is -1.91. The molecule has 2 amide bonds. The molecule has 1 fully saturated rings. The van der Waals surface area contributed by atoms with Gasteiger partial charge < -0.3 is 24.4 Å². The van der Waals surface area contributed by atoms with Gasteiger partial charge in [-0.2, -0.15) is 4.31 Å². The second-order valence-electron chi connectivity index (χ2n) is 10.7. The normalized spacial score (nSPS) is 15.2. The summed E-state index contributed by atoms with van der Waals surface area (Å²) in [5.74, 6) is 1.54. The van der Waals surface area contributed by atoms with Crippen molar-refractivity contribution in [3.8, 4) is 17.2 Å². The van der Waals surface area contributed by atoms with Crippen LogP contribution >= 0.6 is 0 Å². The fourth-order valence-electron chi connectivity index (χ4n) is 5.20. The van der Waals surface area contributed by atoms with Gasteiger partial charge in [0.2, 0.25) is 28.6 Å². The zero-order chi connectivity index (χ0) is 30.4. The average molecular weight is 608 g/mol. The molecular formula is C32H37N3O7S. The van der Waals surface area contributed by atoms with Crippen molar-refractivity contribution in [1.29, 1.82) is 0 Å². The molecule has 3 aromatic rings. The third kappa shape index (κ3) is 7.29. The molecule has 0 saturated carbocycles. The van der Waals surface area contributed by atoms with Gasteiger partial charge in [-0.05, 0) is 79.3 Å². The van der Waals surface area contributed by atoms with E-state index in [1.54, 1.807) is 49.3 Å². The largest absolute Gasteiger partial charge is 0.497 e. The SMILES string of the molecule is COc1ccc(CN(C(=O)CCc2ccc(S(=O)(=O)N3CCCC3)cc2)[C@@H](C)C(=O)NCc2ccc3c(c2)OCO3)cc1. The molecule has 5 rings (SSSR count). The third-order valence-electron chi connectivity index (χ3n) is 7.84. The summed E-state index contributed by atoms with van der Waals surface area (Å²) >= 11 is 0. The third-order valence-corrected chi connectivity index (χ3v) is 9.75. The van der Waals surface area contributed by atoms with E-state index in [0.29, 0.717) is 36.8 Å². The number of nitrogens with zero attached hydrogens (tertiary/aromatic N) is 2. The number of nitrogens with one attached hydrogen (secondary N) is 1. The van der Waals surface area contributed by atoms with Crippen molar-refractivity contribution in [2.75, 3.05) is 27.0 Å². The predicted molar refractivity (Wildman–Crippen MR) is 160 cm³/mol. The molecule has 1 atom stereocenters. The lowest BCUT2D eigenvalue weighted by molar-refractivity contribution is -0.140. The maximum absolute atomic E-state index is 13.6. The monoisotopic (exact) mass is 607 g/mol. The summed E-state index contributed by atoms with van der Waals surface area (Å²) < 4.78 is 43.3. The number of hydrogen-bond donors (Lipinski definition) is 1. The minimum absolute atomic E-state index is 0.161. The second kappa shape index (κ2) is 13.5.